The Morgan fingerprint density at radius 1 is 1.12 bits per heavy atom. The number of carbonyl (C=O) groups excluding carboxylic acids is 4. The van der Waals surface area contributed by atoms with E-state index < -0.39 is 48.7 Å². The molecule has 0 heterocycles. The van der Waals surface area contributed by atoms with E-state index in [1.54, 1.807) is 0 Å². The van der Waals surface area contributed by atoms with Crippen LogP contribution < -0.4 is 33.2 Å². The molecule has 0 aromatic carbocycles. The van der Waals surface area contributed by atoms with Crippen LogP contribution in [0.1, 0.15) is 19.3 Å². The lowest BCUT2D eigenvalue weighted by molar-refractivity contribution is -0.140. The van der Waals surface area contributed by atoms with Gasteiger partial charge in [0.2, 0.25) is 24.1 Å². The van der Waals surface area contributed by atoms with Crippen LogP contribution in [0, 0.1) is 0 Å². The lowest BCUT2D eigenvalue weighted by Gasteiger charge is -2.17. The Hall–Kier alpha value is -3.38. The van der Waals surface area contributed by atoms with Crippen molar-refractivity contribution in [1.82, 2.24) is 16.0 Å². The fraction of sp³-hybridized carbons (Fsp3) is 0.538. The van der Waals surface area contributed by atoms with Gasteiger partial charge in [0.25, 0.3) is 0 Å². The molecule has 0 fully saturated rings. The minimum Gasteiger partial charge on any atom is -0.481 e. The van der Waals surface area contributed by atoms with E-state index in [2.05, 4.69) is 20.9 Å². The molecule has 10 N–H and O–H groups in total. The van der Waals surface area contributed by atoms with Crippen LogP contribution in [-0.4, -0.2) is 66.3 Å². The first-order valence-corrected chi connectivity index (χ1v) is 7.50. The molecule has 4 amide bonds. The van der Waals surface area contributed by atoms with E-state index in [4.69, 9.17) is 22.3 Å². The Bertz CT molecular complexity index is 561. The zero-order chi connectivity index (χ0) is 20.1. The zero-order valence-corrected chi connectivity index (χ0v) is 13.9. The summed E-state index contributed by atoms with van der Waals surface area (Å²) in [6.07, 6.45) is 0.257. The van der Waals surface area contributed by atoms with Gasteiger partial charge in [0, 0.05) is 6.54 Å². The maximum Gasteiger partial charge on any atom is 0.305 e. The number of hydrogen-bond acceptors (Lipinski definition) is 6. The summed E-state index contributed by atoms with van der Waals surface area (Å²) in [4.78, 5) is 59.7. The van der Waals surface area contributed by atoms with Crippen LogP contribution in [0.15, 0.2) is 4.99 Å². The second-order valence-corrected chi connectivity index (χ2v) is 5.12. The monoisotopic (exact) mass is 373 g/mol. The molecule has 13 nitrogen and oxygen atoms in total. The molecule has 0 aromatic heterocycles. The summed E-state index contributed by atoms with van der Waals surface area (Å²) in [5.41, 5.74) is 15.3. The van der Waals surface area contributed by atoms with Gasteiger partial charge in [0.1, 0.15) is 12.1 Å². The number of nitrogens with one attached hydrogen (secondary N) is 3. The fourth-order valence-corrected chi connectivity index (χ4v) is 1.81. The number of nitrogens with two attached hydrogens (primary N) is 3. The van der Waals surface area contributed by atoms with E-state index in [9.17, 15) is 24.0 Å². The molecule has 0 unspecified atom stereocenters. The Kier molecular flexibility index (Phi) is 10.5. The average Bonchev–Trinajstić information content (AvgIpc) is 2.54. The van der Waals surface area contributed by atoms with Crippen LogP contribution in [0.25, 0.3) is 0 Å². The number of hydrogen-bond donors (Lipinski definition) is 7. The summed E-state index contributed by atoms with van der Waals surface area (Å²) in [7, 11) is 0. The van der Waals surface area contributed by atoms with Gasteiger partial charge < -0.3 is 38.3 Å². The highest BCUT2D eigenvalue weighted by Crippen LogP contribution is 1.98. The highest BCUT2D eigenvalue weighted by atomic mass is 16.4. The number of carbonyl (C=O) groups is 5. The molecule has 2 atom stereocenters. The highest BCUT2D eigenvalue weighted by Gasteiger charge is 2.22. The van der Waals surface area contributed by atoms with Crippen molar-refractivity contribution in [3.8, 4) is 0 Å². The Labute approximate surface area is 148 Å². The molecule has 0 aliphatic carbocycles. The van der Waals surface area contributed by atoms with Crippen molar-refractivity contribution in [2.75, 3.05) is 13.1 Å². The molecular weight excluding hydrogens is 350 g/mol. The number of aliphatic carboxylic acids is 1. The maximum atomic E-state index is 12.0. The number of rotatable bonds is 13. The number of amides is 4. The molecule has 26 heavy (non-hydrogen) atoms. The first-order valence-electron chi connectivity index (χ1n) is 7.50. The first kappa shape index (κ1) is 22.6. The van der Waals surface area contributed by atoms with Gasteiger partial charge in [-0.2, -0.15) is 0 Å². The predicted octanol–water partition coefficient (Wildman–Crippen LogP) is -4.28. The van der Waals surface area contributed by atoms with Crippen LogP contribution in [0.2, 0.25) is 0 Å². The zero-order valence-electron chi connectivity index (χ0n) is 13.9. The van der Waals surface area contributed by atoms with Gasteiger partial charge >= 0.3 is 5.97 Å². The van der Waals surface area contributed by atoms with E-state index in [1.807, 2.05) is 0 Å². The molecule has 0 bridgehead atoms. The van der Waals surface area contributed by atoms with Crippen molar-refractivity contribution in [1.29, 1.82) is 0 Å². The van der Waals surface area contributed by atoms with Crippen molar-refractivity contribution in [2.24, 2.45) is 22.2 Å². The Morgan fingerprint density at radius 2 is 1.77 bits per heavy atom. The maximum absolute atomic E-state index is 12.0. The van der Waals surface area contributed by atoms with E-state index >= 15 is 0 Å². The molecule has 0 aromatic rings. The minimum atomic E-state index is -1.40. The van der Waals surface area contributed by atoms with Crippen molar-refractivity contribution in [2.45, 2.75) is 31.3 Å². The van der Waals surface area contributed by atoms with Gasteiger partial charge in [0.15, 0.2) is 5.96 Å². The third-order valence-corrected chi connectivity index (χ3v) is 3.01. The van der Waals surface area contributed by atoms with E-state index in [0.29, 0.717) is 12.8 Å². The van der Waals surface area contributed by atoms with Crippen molar-refractivity contribution in [3.63, 3.8) is 0 Å². The van der Waals surface area contributed by atoms with E-state index in [-0.39, 0.29) is 18.9 Å². The summed E-state index contributed by atoms with van der Waals surface area (Å²) in [6.45, 7) is -0.282. The standard InChI is InChI=1S/C13H23N7O6/c14-11(25)8(4-10(23)24)20-9(22)5-18-12(26)7(19-6-21)2-1-3-17-13(15)16/h6-8H,1-5H2,(H2,14,25)(H,18,26)(H,19,21)(H,20,22)(H,23,24)(H4,15,16,17)/t7-,8-/m0/s1. The van der Waals surface area contributed by atoms with Crippen LogP contribution in [0.3, 0.4) is 0 Å². The summed E-state index contributed by atoms with van der Waals surface area (Å²) in [6, 6.07) is -2.32. The number of carboxylic acid groups (broad SMARTS) is 1. The van der Waals surface area contributed by atoms with Gasteiger partial charge in [0.05, 0.1) is 13.0 Å². The largest absolute Gasteiger partial charge is 0.481 e. The van der Waals surface area contributed by atoms with Crippen LogP contribution in [0.5, 0.6) is 0 Å². The molecule has 13 heteroatoms. The third-order valence-electron chi connectivity index (χ3n) is 3.01. The van der Waals surface area contributed by atoms with E-state index in [1.165, 1.54) is 0 Å². The number of guanidine groups is 1. The van der Waals surface area contributed by atoms with Crippen molar-refractivity contribution >= 4 is 36.1 Å². The molecule has 0 aliphatic heterocycles. The third kappa shape index (κ3) is 10.4. The number of primary amides is 1. The summed E-state index contributed by atoms with van der Waals surface area (Å²) in [5.74, 6) is -3.91. The predicted molar refractivity (Wildman–Crippen MR) is 89.3 cm³/mol. The Morgan fingerprint density at radius 3 is 2.27 bits per heavy atom. The van der Waals surface area contributed by atoms with Crippen molar-refractivity contribution < 1.29 is 29.1 Å². The molecule has 0 radical (unpaired) electrons. The number of aliphatic imine (C=N–C) groups is 1. The molecular formula is C13H23N7O6. The first-order chi connectivity index (χ1) is 12.2. The average molecular weight is 373 g/mol. The molecule has 146 valence electrons. The number of nitrogens with zero attached hydrogens (tertiary/aromatic N) is 1. The minimum absolute atomic E-state index is 0.101. The summed E-state index contributed by atoms with van der Waals surface area (Å²) < 4.78 is 0. The van der Waals surface area contributed by atoms with Gasteiger partial charge in [-0.15, -0.1) is 0 Å². The van der Waals surface area contributed by atoms with Gasteiger partial charge in [-0.3, -0.25) is 29.0 Å². The summed E-state index contributed by atoms with van der Waals surface area (Å²) in [5, 5.41) is 15.3. The summed E-state index contributed by atoms with van der Waals surface area (Å²) >= 11 is 0. The second kappa shape index (κ2) is 12.0. The fourth-order valence-electron chi connectivity index (χ4n) is 1.81. The highest BCUT2D eigenvalue weighted by molar-refractivity contribution is 5.92. The SMILES string of the molecule is NC(=O)[C@H](CC(=O)O)NC(=O)CNC(=O)[C@H](CCCN=C(N)N)NC=O. The molecule has 0 saturated heterocycles. The molecule has 0 aliphatic rings. The number of carboxylic acids is 1. The van der Waals surface area contributed by atoms with E-state index in [0.717, 1.165) is 0 Å². The topological polar surface area (TPSA) is 232 Å². The van der Waals surface area contributed by atoms with Gasteiger partial charge in [-0.1, -0.05) is 0 Å². The smallest absolute Gasteiger partial charge is 0.305 e. The van der Waals surface area contributed by atoms with Gasteiger partial charge in [-0.25, -0.2) is 0 Å². The van der Waals surface area contributed by atoms with Crippen LogP contribution >= 0.6 is 0 Å². The van der Waals surface area contributed by atoms with Crippen LogP contribution in [-0.2, 0) is 24.0 Å². The van der Waals surface area contributed by atoms with Gasteiger partial charge in [-0.05, 0) is 12.8 Å². The second-order valence-electron chi connectivity index (χ2n) is 5.12. The molecule has 0 saturated carbocycles. The van der Waals surface area contributed by atoms with Crippen LogP contribution in [0.4, 0.5) is 0 Å². The molecule has 0 rings (SSSR count). The lowest BCUT2D eigenvalue weighted by atomic mass is 10.1. The quantitative estimate of drug-likeness (QED) is 0.0720. The normalized spacial score (nSPS) is 12.2. The molecule has 0 spiro atoms. The van der Waals surface area contributed by atoms with Crippen molar-refractivity contribution in [3.05, 3.63) is 0 Å². The lowest BCUT2D eigenvalue weighted by Crippen LogP contribution is -2.51. The Balaban J connectivity index is 4.48.